The zero-order chi connectivity index (χ0) is 10.5. The number of carbonyl (C=O) groups is 1. The largest absolute Gasteiger partial charge is 0.465 e. The molecule has 1 unspecified atom stereocenters. The molecule has 4 nitrogen and oxygen atoms in total. The molecule has 1 saturated heterocycles. The fourth-order valence-electron chi connectivity index (χ4n) is 1.52. The van der Waals surface area contributed by atoms with E-state index in [0.29, 0.717) is 12.3 Å². The summed E-state index contributed by atoms with van der Waals surface area (Å²) >= 11 is 0. The van der Waals surface area contributed by atoms with Crippen molar-refractivity contribution in [2.75, 3.05) is 19.6 Å². The monoisotopic (exact) mass is 206 g/mol. The fraction of sp³-hybridized carbons (Fsp3) is 0.364. The first-order chi connectivity index (χ1) is 7.36. The van der Waals surface area contributed by atoms with E-state index in [1.165, 1.54) is 0 Å². The lowest BCUT2D eigenvalue weighted by molar-refractivity contribution is -0.116. The van der Waals surface area contributed by atoms with Gasteiger partial charge < -0.3 is 15.1 Å². The summed E-state index contributed by atoms with van der Waals surface area (Å²) in [5.74, 6) is 0.783. The Morgan fingerprint density at radius 1 is 1.53 bits per heavy atom. The minimum atomic E-state index is -0.107. The van der Waals surface area contributed by atoms with Crippen LogP contribution >= 0.6 is 0 Å². The van der Waals surface area contributed by atoms with Crippen LogP contribution in [0.15, 0.2) is 28.9 Å². The lowest BCUT2D eigenvalue weighted by Gasteiger charge is -2.21. The molecule has 2 heterocycles. The molecule has 0 aliphatic carbocycles. The van der Waals surface area contributed by atoms with Crippen molar-refractivity contribution in [3.05, 3.63) is 30.2 Å². The molecule has 2 rings (SSSR count). The summed E-state index contributed by atoms with van der Waals surface area (Å²) < 4.78 is 5.10. The molecule has 1 atom stereocenters. The molecule has 1 aliphatic heterocycles. The maximum absolute atomic E-state index is 11.7. The Bertz CT molecular complexity index is 337. The van der Waals surface area contributed by atoms with Gasteiger partial charge in [-0.25, -0.2) is 0 Å². The molecular weight excluding hydrogens is 192 g/mol. The number of hydrogen-bond acceptors (Lipinski definition) is 4. The number of carbonyl (C=O) groups excluding carboxylic acids is 1. The quantitative estimate of drug-likeness (QED) is 0.704. The van der Waals surface area contributed by atoms with E-state index in [4.69, 9.17) is 4.42 Å². The second kappa shape index (κ2) is 4.91. The number of furan rings is 1. The normalized spacial score (nSPS) is 22.0. The third-order valence-electron chi connectivity index (χ3n) is 2.34. The van der Waals surface area contributed by atoms with Gasteiger partial charge in [0.15, 0.2) is 5.78 Å². The van der Waals surface area contributed by atoms with Gasteiger partial charge in [0, 0.05) is 19.6 Å². The summed E-state index contributed by atoms with van der Waals surface area (Å²) in [7, 11) is 0. The molecule has 2 N–H and O–H groups in total. The maximum Gasteiger partial charge on any atom is 0.173 e. The van der Waals surface area contributed by atoms with E-state index in [0.717, 1.165) is 13.1 Å². The van der Waals surface area contributed by atoms with E-state index >= 15 is 0 Å². The van der Waals surface area contributed by atoms with Crippen molar-refractivity contribution in [1.82, 2.24) is 10.6 Å². The van der Waals surface area contributed by atoms with Crippen LogP contribution in [0.2, 0.25) is 0 Å². The first kappa shape index (κ1) is 10.1. The van der Waals surface area contributed by atoms with Crippen molar-refractivity contribution in [3.8, 4) is 0 Å². The second-order valence-electron chi connectivity index (χ2n) is 3.46. The van der Waals surface area contributed by atoms with Crippen molar-refractivity contribution >= 4 is 11.9 Å². The highest BCUT2D eigenvalue weighted by Gasteiger charge is 2.17. The van der Waals surface area contributed by atoms with Crippen LogP contribution in [-0.4, -0.2) is 31.5 Å². The lowest BCUT2D eigenvalue weighted by Crippen LogP contribution is -2.51. The zero-order valence-corrected chi connectivity index (χ0v) is 8.40. The molecular formula is C11H14N2O2. The van der Waals surface area contributed by atoms with Gasteiger partial charge in [-0.1, -0.05) is 0 Å². The minimum absolute atomic E-state index is 0.0820. The third-order valence-corrected chi connectivity index (χ3v) is 2.34. The zero-order valence-electron chi connectivity index (χ0n) is 8.40. The van der Waals surface area contributed by atoms with Gasteiger partial charge in [-0.05, 0) is 24.3 Å². The summed E-state index contributed by atoms with van der Waals surface area (Å²) in [6.45, 7) is 2.46. The van der Waals surface area contributed by atoms with Crippen LogP contribution in [-0.2, 0) is 4.79 Å². The molecule has 0 aromatic carbocycles. The molecule has 1 aromatic rings. The second-order valence-corrected chi connectivity index (χ2v) is 3.46. The number of hydrogen-bond donors (Lipinski definition) is 2. The fourth-order valence-corrected chi connectivity index (χ4v) is 1.52. The molecule has 0 saturated carbocycles. The molecule has 0 spiro atoms. The van der Waals surface area contributed by atoms with Gasteiger partial charge in [0.1, 0.15) is 5.76 Å². The topological polar surface area (TPSA) is 54.3 Å². The Hall–Kier alpha value is -1.39. The Balaban J connectivity index is 1.91. The molecule has 0 bridgehead atoms. The smallest absolute Gasteiger partial charge is 0.173 e. The van der Waals surface area contributed by atoms with Gasteiger partial charge in [0.05, 0.1) is 12.3 Å². The van der Waals surface area contributed by atoms with E-state index in [2.05, 4.69) is 10.6 Å². The van der Waals surface area contributed by atoms with Crippen molar-refractivity contribution < 1.29 is 9.21 Å². The molecule has 1 fully saturated rings. The Morgan fingerprint density at radius 3 is 3.13 bits per heavy atom. The van der Waals surface area contributed by atoms with E-state index in [1.54, 1.807) is 24.5 Å². The lowest BCUT2D eigenvalue weighted by atomic mass is 10.1. The Morgan fingerprint density at radius 2 is 2.47 bits per heavy atom. The summed E-state index contributed by atoms with van der Waals surface area (Å²) in [6.07, 6.45) is 4.84. The van der Waals surface area contributed by atoms with E-state index in [-0.39, 0.29) is 11.8 Å². The van der Waals surface area contributed by atoms with E-state index in [9.17, 15) is 4.79 Å². The summed E-state index contributed by atoms with van der Waals surface area (Å²) in [5.41, 5.74) is 0. The van der Waals surface area contributed by atoms with Crippen LogP contribution in [0.5, 0.6) is 0 Å². The summed E-state index contributed by atoms with van der Waals surface area (Å²) in [6, 6.07) is 3.51. The SMILES string of the molecule is O=C(C=Cc1ccco1)C1CNCCN1. The number of piperazine rings is 1. The highest BCUT2D eigenvalue weighted by molar-refractivity contribution is 5.97. The molecule has 1 aromatic heterocycles. The van der Waals surface area contributed by atoms with Crippen LogP contribution < -0.4 is 10.6 Å². The van der Waals surface area contributed by atoms with Gasteiger partial charge in [-0.3, -0.25) is 4.79 Å². The maximum atomic E-state index is 11.7. The summed E-state index contributed by atoms with van der Waals surface area (Å²) in [4.78, 5) is 11.7. The van der Waals surface area contributed by atoms with Gasteiger partial charge in [-0.2, -0.15) is 0 Å². The van der Waals surface area contributed by atoms with Gasteiger partial charge in [0.2, 0.25) is 0 Å². The van der Waals surface area contributed by atoms with Crippen LogP contribution in [0.3, 0.4) is 0 Å². The Kier molecular flexibility index (Phi) is 3.32. The van der Waals surface area contributed by atoms with Crippen LogP contribution in [0, 0.1) is 0 Å². The van der Waals surface area contributed by atoms with Crippen LogP contribution in [0.4, 0.5) is 0 Å². The molecule has 80 valence electrons. The third kappa shape index (κ3) is 2.78. The molecule has 1 aliphatic rings. The highest BCUT2D eigenvalue weighted by atomic mass is 16.3. The molecule has 15 heavy (non-hydrogen) atoms. The van der Waals surface area contributed by atoms with E-state index < -0.39 is 0 Å². The number of ketones is 1. The first-order valence-electron chi connectivity index (χ1n) is 5.06. The average molecular weight is 206 g/mol. The van der Waals surface area contributed by atoms with Gasteiger partial charge in [0.25, 0.3) is 0 Å². The number of nitrogens with one attached hydrogen (secondary N) is 2. The van der Waals surface area contributed by atoms with Crippen LogP contribution in [0.25, 0.3) is 6.08 Å². The average Bonchev–Trinajstić information content (AvgIpc) is 2.80. The molecule has 4 heteroatoms. The number of rotatable bonds is 3. The highest BCUT2D eigenvalue weighted by Crippen LogP contribution is 2.03. The Labute approximate surface area is 88.3 Å². The van der Waals surface area contributed by atoms with Crippen molar-refractivity contribution in [2.45, 2.75) is 6.04 Å². The first-order valence-corrected chi connectivity index (χ1v) is 5.06. The predicted molar refractivity (Wildman–Crippen MR) is 57.4 cm³/mol. The van der Waals surface area contributed by atoms with Gasteiger partial charge >= 0.3 is 0 Å². The van der Waals surface area contributed by atoms with Crippen molar-refractivity contribution in [3.63, 3.8) is 0 Å². The van der Waals surface area contributed by atoms with E-state index in [1.807, 2.05) is 6.07 Å². The molecule has 0 amide bonds. The van der Waals surface area contributed by atoms with Crippen molar-refractivity contribution in [1.29, 1.82) is 0 Å². The van der Waals surface area contributed by atoms with Gasteiger partial charge in [-0.15, -0.1) is 0 Å². The predicted octanol–water partition coefficient (Wildman–Crippen LogP) is 0.423. The minimum Gasteiger partial charge on any atom is -0.465 e. The molecule has 0 radical (unpaired) electrons. The summed E-state index contributed by atoms with van der Waals surface area (Å²) in [5, 5.41) is 6.32. The standard InChI is InChI=1S/C11H14N2O2/c14-11(10-8-12-5-6-13-10)4-3-9-2-1-7-15-9/h1-4,7,10,12-13H,5-6,8H2. The van der Waals surface area contributed by atoms with Crippen molar-refractivity contribution in [2.24, 2.45) is 0 Å². The van der Waals surface area contributed by atoms with Crippen LogP contribution in [0.1, 0.15) is 5.76 Å².